The van der Waals surface area contributed by atoms with Gasteiger partial charge in [-0.15, -0.1) is 0 Å². The third kappa shape index (κ3) is 3.96. The van der Waals surface area contributed by atoms with Crippen LogP contribution >= 0.6 is 0 Å². The molecule has 50 heavy (non-hydrogen) atoms. The molecule has 0 bridgehead atoms. The standard InChI is InChI=1S/C48H28O2/c1-2-10-29(11-3-1)30-18-19-32-27-33(21-20-31(32)26-30)45-36-12-4-6-14-38(36)46(39-15-7-5-13-37(39)45)34-22-23-35-40-24-25-43-47(48(40)50-44(35)28-34)41-16-8-9-17-42(41)49-43/h1-28H. The molecule has 0 saturated carbocycles. The lowest BCUT2D eigenvalue weighted by atomic mass is 9.85. The van der Waals surface area contributed by atoms with E-state index in [4.69, 9.17) is 8.83 Å². The molecular weight excluding hydrogens is 609 g/mol. The lowest BCUT2D eigenvalue weighted by Crippen LogP contribution is -1.91. The number of hydrogen-bond donors (Lipinski definition) is 0. The first-order valence-corrected chi connectivity index (χ1v) is 17.1. The Morgan fingerprint density at radius 3 is 1.52 bits per heavy atom. The predicted molar refractivity (Wildman–Crippen MR) is 210 cm³/mol. The number of benzene rings is 9. The van der Waals surface area contributed by atoms with E-state index in [1.54, 1.807) is 0 Å². The SMILES string of the molecule is c1ccc(-c2ccc3cc(-c4c5ccccc5c(-c5ccc6c(c5)oc5c6ccc6oc7ccccc7c65)c5ccccc45)ccc3c2)cc1. The van der Waals surface area contributed by atoms with Crippen molar-refractivity contribution in [1.82, 2.24) is 0 Å². The number of para-hydroxylation sites is 1. The van der Waals surface area contributed by atoms with E-state index in [2.05, 4.69) is 158 Å². The quantitative estimate of drug-likeness (QED) is 0.180. The van der Waals surface area contributed by atoms with Crippen LogP contribution in [0.5, 0.6) is 0 Å². The Morgan fingerprint density at radius 2 is 0.820 bits per heavy atom. The lowest BCUT2D eigenvalue weighted by Gasteiger charge is -2.18. The van der Waals surface area contributed by atoms with E-state index >= 15 is 0 Å². The van der Waals surface area contributed by atoms with Gasteiger partial charge < -0.3 is 8.83 Å². The minimum atomic E-state index is 0.843. The Bertz CT molecular complexity index is 3080. The largest absolute Gasteiger partial charge is 0.456 e. The maximum absolute atomic E-state index is 6.73. The summed E-state index contributed by atoms with van der Waals surface area (Å²) in [5.74, 6) is 0. The average Bonchev–Trinajstić information content (AvgIpc) is 3.75. The van der Waals surface area contributed by atoms with Crippen LogP contribution in [-0.4, -0.2) is 0 Å². The second-order valence-corrected chi connectivity index (χ2v) is 13.2. The van der Waals surface area contributed by atoms with Crippen LogP contribution in [0.3, 0.4) is 0 Å². The second kappa shape index (κ2) is 10.4. The molecule has 0 aliphatic rings. The van der Waals surface area contributed by atoms with Crippen LogP contribution in [0.2, 0.25) is 0 Å². The summed E-state index contributed by atoms with van der Waals surface area (Å²) in [5.41, 5.74) is 10.7. The van der Waals surface area contributed by atoms with Gasteiger partial charge in [0.25, 0.3) is 0 Å². The molecule has 0 saturated heterocycles. The molecule has 9 aromatic carbocycles. The molecule has 2 heteroatoms. The van der Waals surface area contributed by atoms with Gasteiger partial charge in [-0.2, -0.15) is 0 Å². The summed E-state index contributed by atoms with van der Waals surface area (Å²) in [6.07, 6.45) is 0. The van der Waals surface area contributed by atoms with E-state index in [1.165, 1.54) is 60.1 Å². The van der Waals surface area contributed by atoms with E-state index in [0.717, 1.165) is 49.4 Å². The molecule has 0 fully saturated rings. The van der Waals surface area contributed by atoms with Gasteiger partial charge in [-0.05, 0) is 108 Å². The third-order valence-corrected chi connectivity index (χ3v) is 10.4. The van der Waals surface area contributed by atoms with E-state index in [1.807, 2.05) is 12.1 Å². The molecule has 0 unspecified atom stereocenters. The van der Waals surface area contributed by atoms with Gasteiger partial charge in [-0.25, -0.2) is 0 Å². The Hall–Kier alpha value is -6.64. The first-order valence-electron chi connectivity index (χ1n) is 17.1. The van der Waals surface area contributed by atoms with Crippen molar-refractivity contribution in [2.24, 2.45) is 0 Å². The van der Waals surface area contributed by atoms with Gasteiger partial charge in [-0.1, -0.05) is 127 Å². The van der Waals surface area contributed by atoms with Gasteiger partial charge >= 0.3 is 0 Å². The Kier molecular flexibility index (Phi) is 5.70. The zero-order chi connectivity index (χ0) is 32.8. The van der Waals surface area contributed by atoms with E-state index < -0.39 is 0 Å². The van der Waals surface area contributed by atoms with Crippen molar-refractivity contribution in [2.45, 2.75) is 0 Å². The van der Waals surface area contributed by atoms with Crippen LogP contribution in [-0.2, 0) is 0 Å². The van der Waals surface area contributed by atoms with Gasteiger partial charge in [0.1, 0.15) is 22.3 Å². The first kappa shape index (κ1) is 27.3. The minimum Gasteiger partial charge on any atom is -0.456 e. The van der Waals surface area contributed by atoms with Crippen LogP contribution in [0.1, 0.15) is 0 Å². The maximum atomic E-state index is 6.73. The number of furan rings is 2. The van der Waals surface area contributed by atoms with Crippen LogP contribution in [0, 0.1) is 0 Å². The summed E-state index contributed by atoms with van der Waals surface area (Å²) >= 11 is 0. The van der Waals surface area contributed by atoms with Gasteiger partial charge in [0.15, 0.2) is 0 Å². The topological polar surface area (TPSA) is 26.3 Å². The monoisotopic (exact) mass is 636 g/mol. The third-order valence-electron chi connectivity index (χ3n) is 10.4. The zero-order valence-corrected chi connectivity index (χ0v) is 27.0. The van der Waals surface area contributed by atoms with Crippen molar-refractivity contribution in [3.8, 4) is 33.4 Å². The fourth-order valence-corrected chi connectivity index (χ4v) is 8.16. The molecule has 0 N–H and O–H groups in total. The van der Waals surface area contributed by atoms with Crippen molar-refractivity contribution in [3.63, 3.8) is 0 Å². The van der Waals surface area contributed by atoms with Crippen molar-refractivity contribution in [1.29, 1.82) is 0 Å². The summed E-state index contributed by atoms with van der Waals surface area (Å²) in [5, 5.41) is 11.7. The minimum absolute atomic E-state index is 0.843. The highest BCUT2D eigenvalue weighted by molar-refractivity contribution is 6.24. The van der Waals surface area contributed by atoms with Crippen molar-refractivity contribution < 1.29 is 8.83 Å². The predicted octanol–water partition coefficient (Wildman–Crippen LogP) is 13.9. The van der Waals surface area contributed by atoms with Crippen molar-refractivity contribution >= 4 is 76.2 Å². The molecule has 0 radical (unpaired) electrons. The average molecular weight is 637 g/mol. The Morgan fingerprint density at radius 1 is 0.280 bits per heavy atom. The summed E-state index contributed by atoms with van der Waals surface area (Å²) < 4.78 is 12.9. The first-order chi connectivity index (χ1) is 24.8. The van der Waals surface area contributed by atoms with Crippen LogP contribution in [0.25, 0.3) is 110 Å². The van der Waals surface area contributed by atoms with Crippen molar-refractivity contribution in [2.75, 3.05) is 0 Å². The highest BCUT2D eigenvalue weighted by Crippen LogP contribution is 2.46. The van der Waals surface area contributed by atoms with Gasteiger partial charge in [0.2, 0.25) is 0 Å². The number of fused-ring (bicyclic) bond motifs is 10. The molecule has 2 heterocycles. The smallest absolute Gasteiger partial charge is 0.147 e. The molecule has 11 rings (SSSR count). The second-order valence-electron chi connectivity index (χ2n) is 13.2. The molecule has 0 atom stereocenters. The Balaban J connectivity index is 1.12. The molecule has 232 valence electrons. The van der Waals surface area contributed by atoms with Gasteiger partial charge in [0.05, 0.1) is 5.39 Å². The number of rotatable bonds is 3. The zero-order valence-electron chi connectivity index (χ0n) is 27.0. The maximum Gasteiger partial charge on any atom is 0.147 e. The molecule has 0 aliphatic heterocycles. The van der Waals surface area contributed by atoms with E-state index in [9.17, 15) is 0 Å². The highest BCUT2D eigenvalue weighted by atomic mass is 16.3. The fraction of sp³-hybridized carbons (Fsp3) is 0. The molecule has 2 aromatic heterocycles. The summed E-state index contributed by atoms with van der Waals surface area (Å²) in [7, 11) is 0. The normalized spacial score (nSPS) is 12.0. The van der Waals surface area contributed by atoms with Crippen LogP contribution in [0.4, 0.5) is 0 Å². The summed E-state index contributed by atoms with van der Waals surface area (Å²) in [4.78, 5) is 0. The number of hydrogen-bond acceptors (Lipinski definition) is 2. The van der Waals surface area contributed by atoms with Crippen molar-refractivity contribution in [3.05, 3.63) is 170 Å². The van der Waals surface area contributed by atoms with Gasteiger partial charge in [0, 0.05) is 16.2 Å². The van der Waals surface area contributed by atoms with Gasteiger partial charge in [-0.3, -0.25) is 0 Å². The van der Waals surface area contributed by atoms with Crippen LogP contribution < -0.4 is 0 Å². The lowest BCUT2D eigenvalue weighted by molar-refractivity contribution is 0.663. The van der Waals surface area contributed by atoms with Crippen LogP contribution in [0.15, 0.2) is 179 Å². The fourth-order valence-electron chi connectivity index (χ4n) is 8.16. The van der Waals surface area contributed by atoms with E-state index in [0.29, 0.717) is 0 Å². The molecular formula is C48H28O2. The van der Waals surface area contributed by atoms with E-state index in [-0.39, 0.29) is 0 Å². The highest BCUT2D eigenvalue weighted by Gasteiger charge is 2.20. The summed E-state index contributed by atoms with van der Waals surface area (Å²) in [6.45, 7) is 0. The Labute approximate surface area is 287 Å². The molecule has 0 amide bonds. The molecule has 11 aromatic rings. The molecule has 0 spiro atoms. The molecule has 0 aliphatic carbocycles. The molecule has 2 nitrogen and oxygen atoms in total. The summed E-state index contributed by atoms with van der Waals surface area (Å²) in [6, 6.07) is 61.0.